The Morgan fingerprint density at radius 3 is 2.88 bits per heavy atom. The molecule has 0 bridgehead atoms. The Bertz CT molecular complexity index is 857. The van der Waals surface area contributed by atoms with Gasteiger partial charge in [0.25, 0.3) is 5.91 Å². The lowest BCUT2D eigenvalue weighted by Crippen LogP contribution is -2.48. The van der Waals surface area contributed by atoms with E-state index < -0.39 is 0 Å². The van der Waals surface area contributed by atoms with Gasteiger partial charge in [-0.25, -0.2) is 0 Å². The van der Waals surface area contributed by atoms with Gasteiger partial charge in [-0.1, -0.05) is 30.3 Å². The monoisotopic (exact) mass is 368 g/mol. The summed E-state index contributed by atoms with van der Waals surface area (Å²) < 4.78 is 1.11. The van der Waals surface area contributed by atoms with Gasteiger partial charge in [0.2, 0.25) is 0 Å². The van der Waals surface area contributed by atoms with E-state index in [0.29, 0.717) is 12.2 Å². The van der Waals surface area contributed by atoms with Crippen LogP contribution in [0.3, 0.4) is 0 Å². The summed E-state index contributed by atoms with van der Waals surface area (Å²) in [6.45, 7) is 1.52. The third-order valence-electron chi connectivity index (χ3n) is 5.54. The summed E-state index contributed by atoms with van der Waals surface area (Å²) in [6, 6.07) is 14.3. The Kier molecular flexibility index (Phi) is 4.83. The molecule has 2 N–H and O–H groups in total. The Balaban J connectivity index is 1.47. The highest BCUT2D eigenvalue weighted by molar-refractivity contribution is 7.17. The summed E-state index contributed by atoms with van der Waals surface area (Å²) in [5.74, 6) is 0.0469. The van der Waals surface area contributed by atoms with Gasteiger partial charge >= 0.3 is 0 Å². The number of nitrogens with zero attached hydrogens (tertiary/aromatic N) is 1. The molecule has 0 radical (unpaired) electrons. The van der Waals surface area contributed by atoms with E-state index >= 15 is 0 Å². The highest BCUT2D eigenvalue weighted by atomic mass is 32.1. The Hall–Kier alpha value is -2.11. The molecule has 1 saturated heterocycles. The first-order valence-corrected chi connectivity index (χ1v) is 10.1. The number of aryl methyl sites for hydroxylation is 1. The SMILES string of the molecule is O=C(c1cc2sccc2[nH]1)N1CCC[C@](CO)(CCc2ccccc2)C1. The number of amides is 1. The van der Waals surface area contributed by atoms with Crippen molar-refractivity contribution in [1.82, 2.24) is 9.88 Å². The summed E-state index contributed by atoms with van der Waals surface area (Å²) in [5.41, 5.74) is 2.76. The molecule has 26 heavy (non-hydrogen) atoms. The first-order valence-electron chi connectivity index (χ1n) is 9.19. The van der Waals surface area contributed by atoms with Crippen LogP contribution in [0.4, 0.5) is 0 Å². The lowest BCUT2D eigenvalue weighted by molar-refractivity contribution is 0.0225. The van der Waals surface area contributed by atoms with Gasteiger partial charge in [-0.15, -0.1) is 11.3 Å². The largest absolute Gasteiger partial charge is 0.396 e. The van der Waals surface area contributed by atoms with E-state index in [2.05, 4.69) is 29.2 Å². The second-order valence-electron chi connectivity index (χ2n) is 7.36. The maximum absolute atomic E-state index is 13.0. The van der Waals surface area contributed by atoms with E-state index in [9.17, 15) is 9.90 Å². The number of likely N-dealkylation sites (tertiary alicyclic amines) is 1. The molecule has 1 atom stereocenters. The molecule has 136 valence electrons. The van der Waals surface area contributed by atoms with Crippen molar-refractivity contribution in [2.45, 2.75) is 25.7 Å². The molecule has 1 aliphatic rings. The molecule has 2 aromatic heterocycles. The van der Waals surface area contributed by atoms with Gasteiger partial charge < -0.3 is 15.0 Å². The predicted molar refractivity (Wildman–Crippen MR) is 106 cm³/mol. The zero-order valence-electron chi connectivity index (χ0n) is 14.8. The summed E-state index contributed by atoms with van der Waals surface area (Å²) in [6.07, 6.45) is 3.74. The molecule has 3 aromatic rings. The molecule has 5 heteroatoms. The number of hydrogen-bond donors (Lipinski definition) is 2. The van der Waals surface area contributed by atoms with Crippen LogP contribution in [-0.2, 0) is 6.42 Å². The molecule has 1 aromatic carbocycles. The Labute approximate surface area is 157 Å². The van der Waals surface area contributed by atoms with Crippen molar-refractivity contribution in [3.8, 4) is 0 Å². The number of rotatable bonds is 5. The lowest BCUT2D eigenvalue weighted by atomic mass is 9.76. The van der Waals surface area contributed by atoms with Gasteiger partial charge in [-0.05, 0) is 48.8 Å². The number of thiophene rings is 1. The van der Waals surface area contributed by atoms with E-state index in [-0.39, 0.29) is 17.9 Å². The quantitative estimate of drug-likeness (QED) is 0.713. The number of nitrogens with one attached hydrogen (secondary N) is 1. The van der Waals surface area contributed by atoms with Crippen LogP contribution in [0.5, 0.6) is 0 Å². The average Bonchev–Trinajstić information content (AvgIpc) is 3.29. The standard InChI is InChI=1S/C21H24N2O2S/c24-15-21(10-7-16-5-2-1-3-6-16)9-4-11-23(14-21)20(25)18-13-19-17(22-18)8-12-26-19/h1-3,5-6,8,12-13,22,24H,4,7,9-11,14-15H2/t21-/m0/s1. The van der Waals surface area contributed by atoms with Crippen LogP contribution in [0.15, 0.2) is 47.8 Å². The van der Waals surface area contributed by atoms with Gasteiger partial charge in [-0.3, -0.25) is 4.79 Å². The van der Waals surface area contributed by atoms with Crippen molar-refractivity contribution in [2.24, 2.45) is 5.41 Å². The molecule has 1 fully saturated rings. The summed E-state index contributed by atoms with van der Waals surface area (Å²) in [4.78, 5) is 18.1. The molecule has 0 aliphatic carbocycles. The zero-order chi connectivity index (χ0) is 18.0. The summed E-state index contributed by atoms with van der Waals surface area (Å²) >= 11 is 1.64. The average molecular weight is 369 g/mol. The van der Waals surface area contributed by atoms with Crippen molar-refractivity contribution >= 4 is 27.5 Å². The van der Waals surface area contributed by atoms with E-state index in [1.807, 2.05) is 28.5 Å². The maximum Gasteiger partial charge on any atom is 0.270 e. The fraction of sp³-hybridized carbons (Fsp3) is 0.381. The first kappa shape index (κ1) is 17.3. The van der Waals surface area contributed by atoms with E-state index in [0.717, 1.165) is 42.4 Å². The third kappa shape index (κ3) is 3.41. The van der Waals surface area contributed by atoms with Gasteiger partial charge in [0.15, 0.2) is 0 Å². The third-order valence-corrected chi connectivity index (χ3v) is 6.41. The first-order chi connectivity index (χ1) is 12.7. The number of piperidine rings is 1. The minimum absolute atomic E-state index is 0.0469. The molecular formula is C21H24N2O2S. The highest BCUT2D eigenvalue weighted by Crippen LogP contribution is 2.35. The van der Waals surface area contributed by atoms with Gasteiger partial charge in [0, 0.05) is 18.5 Å². The second-order valence-corrected chi connectivity index (χ2v) is 8.30. The fourth-order valence-corrected chi connectivity index (χ4v) is 4.76. The number of hydrogen-bond acceptors (Lipinski definition) is 3. The van der Waals surface area contributed by atoms with Crippen LogP contribution in [0.2, 0.25) is 0 Å². The van der Waals surface area contributed by atoms with Gasteiger partial charge in [0.05, 0.1) is 16.8 Å². The molecule has 3 heterocycles. The molecular weight excluding hydrogens is 344 g/mol. The minimum atomic E-state index is -0.201. The van der Waals surface area contributed by atoms with Crippen LogP contribution < -0.4 is 0 Å². The van der Waals surface area contributed by atoms with E-state index in [4.69, 9.17) is 0 Å². The second kappa shape index (κ2) is 7.25. The van der Waals surface area contributed by atoms with Crippen LogP contribution in [0.25, 0.3) is 10.2 Å². The highest BCUT2D eigenvalue weighted by Gasteiger charge is 2.37. The number of carbonyl (C=O) groups is 1. The molecule has 4 nitrogen and oxygen atoms in total. The number of H-pyrrole nitrogens is 1. The van der Waals surface area contributed by atoms with Crippen molar-refractivity contribution in [3.05, 3.63) is 59.1 Å². The molecule has 0 unspecified atom stereocenters. The smallest absolute Gasteiger partial charge is 0.270 e. The van der Waals surface area contributed by atoms with Crippen molar-refractivity contribution in [1.29, 1.82) is 0 Å². The number of aromatic nitrogens is 1. The number of aliphatic hydroxyl groups excluding tert-OH is 1. The fourth-order valence-electron chi connectivity index (χ4n) is 3.98. The minimum Gasteiger partial charge on any atom is -0.396 e. The van der Waals surface area contributed by atoms with Gasteiger partial charge in [-0.2, -0.15) is 0 Å². The molecule has 1 aliphatic heterocycles. The molecule has 0 spiro atoms. The van der Waals surface area contributed by atoms with E-state index in [1.165, 1.54) is 5.56 Å². The Morgan fingerprint density at radius 1 is 1.27 bits per heavy atom. The number of fused-ring (bicyclic) bond motifs is 1. The van der Waals surface area contributed by atoms with Crippen LogP contribution in [0.1, 0.15) is 35.3 Å². The van der Waals surface area contributed by atoms with Crippen LogP contribution >= 0.6 is 11.3 Å². The summed E-state index contributed by atoms with van der Waals surface area (Å²) in [7, 11) is 0. The number of benzene rings is 1. The van der Waals surface area contributed by atoms with Crippen LogP contribution in [-0.4, -0.2) is 40.6 Å². The lowest BCUT2D eigenvalue weighted by Gasteiger charge is -2.42. The Morgan fingerprint density at radius 2 is 2.12 bits per heavy atom. The molecule has 0 saturated carbocycles. The van der Waals surface area contributed by atoms with Gasteiger partial charge in [0.1, 0.15) is 5.69 Å². The number of aliphatic hydroxyl groups is 1. The number of carbonyl (C=O) groups excluding carboxylic acids is 1. The summed E-state index contributed by atoms with van der Waals surface area (Å²) in [5, 5.41) is 12.2. The van der Waals surface area contributed by atoms with Crippen molar-refractivity contribution < 1.29 is 9.90 Å². The normalized spacial score (nSPS) is 20.6. The van der Waals surface area contributed by atoms with E-state index in [1.54, 1.807) is 11.3 Å². The molecule has 1 amide bonds. The predicted octanol–water partition coefficient (Wildman–Crippen LogP) is 4.08. The van der Waals surface area contributed by atoms with Crippen molar-refractivity contribution in [3.63, 3.8) is 0 Å². The van der Waals surface area contributed by atoms with Crippen molar-refractivity contribution in [2.75, 3.05) is 19.7 Å². The topological polar surface area (TPSA) is 56.3 Å². The zero-order valence-corrected chi connectivity index (χ0v) is 15.6. The number of aromatic amines is 1. The maximum atomic E-state index is 13.0. The van der Waals surface area contributed by atoms with Crippen LogP contribution in [0, 0.1) is 5.41 Å². The molecule has 4 rings (SSSR count).